The minimum Gasteiger partial charge on any atom is -0.463 e. The monoisotopic (exact) mass is 844 g/mol. The van der Waals surface area contributed by atoms with Crippen LogP contribution in [0.15, 0.2) is 12.2 Å². The van der Waals surface area contributed by atoms with Gasteiger partial charge in [0.25, 0.3) is 0 Å². The number of allylic oxidation sites excluding steroid dienone is 2. The van der Waals surface area contributed by atoms with E-state index in [1.165, 1.54) is 186 Å². The largest absolute Gasteiger partial charge is 0.472 e. The number of unbranched alkanes of at least 4 members (excludes halogenated alkanes) is 32. The average Bonchev–Trinajstić information content (AvgIpc) is 3.21. The van der Waals surface area contributed by atoms with Gasteiger partial charge in [-0.05, 0) is 38.5 Å². The summed E-state index contributed by atoms with van der Waals surface area (Å²) in [5.74, 6) is -0.508. The first kappa shape index (κ1) is 56.8. The number of phosphoric acid groups is 1. The highest BCUT2D eigenvalue weighted by Gasteiger charge is 2.23. The molecule has 2 unspecified atom stereocenters. The maximum atomic E-state index is 12.1. The number of hydrogen-bond donors (Lipinski definition) is 3. The summed E-state index contributed by atoms with van der Waals surface area (Å²) in [6, 6.07) is 0. The summed E-state index contributed by atoms with van der Waals surface area (Å²) < 4.78 is 27.0. The van der Waals surface area contributed by atoms with Gasteiger partial charge in [-0.3, -0.25) is 18.6 Å². The Labute approximate surface area is 358 Å². The van der Waals surface area contributed by atoms with E-state index < -0.39 is 26.5 Å². The number of aliphatic hydroxyl groups excluding tert-OH is 1. The molecular formula is C48H94NO8P. The SMILES string of the molecule is CCCCCCCCC/C=C\CCCCCCCCCC(=O)NCCOP(=O)(O)OCC(O)COC(=O)CCCCCCCCCCCCCCCCCCCCC. The number of nitrogens with one attached hydrogen (secondary N) is 1. The van der Waals surface area contributed by atoms with Crippen LogP contribution >= 0.6 is 7.82 Å². The van der Waals surface area contributed by atoms with Gasteiger partial charge in [-0.1, -0.05) is 212 Å². The van der Waals surface area contributed by atoms with Crippen molar-refractivity contribution in [2.75, 3.05) is 26.4 Å². The van der Waals surface area contributed by atoms with Crippen molar-refractivity contribution in [3.8, 4) is 0 Å². The van der Waals surface area contributed by atoms with Gasteiger partial charge in [-0.25, -0.2) is 4.57 Å². The van der Waals surface area contributed by atoms with E-state index in [-0.39, 0.29) is 32.1 Å². The van der Waals surface area contributed by atoms with Gasteiger partial charge in [0.1, 0.15) is 12.7 Å². The molecule has 0 aromatic carbocycles. The zero-order chi connectivity index (χ0) is 42.5. The first-order valence-corrected chi connectivity index (χ1v) is 26.2. The molecule has 1 amide bonds. The Morgan fingerprint density at radius 1 is 0.517 bits per heavy atom. The van der Waals surface area contributed by atoms with Gasteiger partial charge >= 0.3 is 13.8 Å². The zero-order valence-corrected chi connectivity index (χ0v) is 38.9. The summed E-state index contributed by atoms with van der Waals surface area (Å²) >= 11 is 0. The second kappa shape index (κ2) is 45.3. The van der Waals surface area contributed by atoms with E-state index in [1.54, 1.807) is 0 Å². The number of amides is 1. The topological polar surface area (TPSA) is 131 Å². The minimum atomic E-state index is -4.42. The van der Waals surface area contributed by atoms with Crippen molar-refractivity contribution >= 4 is 19.7 Å². The summed E-state index contributed by atoms with van der Waals surface area (Å²) in [6.07, 6.45) is 48.6. The number of carbonyl (C=O) groups excluding carboxylic acids is 2. The van der Waals surface area contributed by atoms with Crippen molar-refractivity contribution in [2.45, 2.75) is 258 Å². The molecule has 0 saturated heterocycles. The molecule has 0 heterocycles. The number of rotatable bonds is 47. The van der Waals surface area contributed by atoms with Crippen LogP contribution in [0.1, 0.15) is 251 Å². The predicted molar refractivity (Wildman–Crippen MR) is 243 cm³/mol. The molecule has 0 fully saturated rings. The van der Waals surface area contributed by atoms with Crippen LogP contribution in [0.2, 0.25) is 0 Å². The Hall–Kier alpha value is -1.25. The molecule has 0 saturated carbocycles. The van der Waals surface area contributed by atoms with Gasteiger partial charge in [-0.2, -0.15) is 0 Å². The molecule has 0 aliphatic rings. The third kappa shape index (κ3) is 45.8. The number of ether oxygens (including phenoxy) is 1. The molecule has 344 valence electrons. The Balaban J connectivity index is 3.54. The van der Waals surface area contributed by atoms with Crippen molar-refractivity contribution < 1.29 is 37.9 Å². The standard InChI is InChI=1S/C48H94NO8P/c1-3-5-7-9-11-13-15-17-19-21-23-25-27-29-31-33-35-37-39-41-48(52)55-44-46(50)45-57-58(53,54)56-43-42-49-47(51)40-38-36-34-32-30-28-26-24-22-20-18-16-14-12-10-8-6-4-2/h20,22,46,50H,3-19,21,23-45H2,1-2H3,(H,49,51)(H,53,54)/b22-20-. The van der Waals surface area contributed by atoms with Gasteiger partial charge in [0.05, 0.1) is 13.2 Å². The van der Waals surface area contributed by atoms with Gasteiger partial charge in [-0.15, -0.1) is 0 Å². The molecule has 0 rings (SSSR count). The fourth-order valence-electron chi connectivity index (χ4n) is 7.20. The van der Waals surface area contributed by atoms with Crippen molar-refractivity contribution in [1.29, 1.82) is 0 Å². The Morgan fingerprint density at radius 3 is 1.29 bits per heavy atom. The van der Waals surface area contributed by atoms with Crippen LogP contribution in [0, 0.1) is 0 Å². The molecule has 9 nitrogen and oxygen atoms in total. The molecule has 0 radical (unpaired) electrons. The lowest BCUT2D eigenvalue weighted by molar-refractivity contribution is -0.147. The van der Waals surface area contributed by atoms with Gasteiger partial charge in [0, 0.05) is 19.4 Å². The number of hydrogen-bond acceptors (Lipinski definition) is 7. The highest BCUT2D eigenvalue weighted by molar-refractivity contribution is 7.47. The highest BCUT2D eigenvalue weighted by Crippen LogP contribution is 2.42. The van der Waals surface area contributed by atoms with E-state index >= 15 is 0 Å². The number of carbonyl (C=O) groups is 2. The summed E-state index contributed by atoms with van der Waals surface area (Å²) in [5, 5.41) is 12.7. The number of phosphoric ester groups is 1. The van der Waals surface area contributed by atoms with Gasteiger partial charge in [0.2, 0.25) is 5.91 Å². The summed E-state index contributed by atoms with van der Waals surface area (Å²) in [4.78, 5) is 34.0. The molecule has 58 heavy (non-hydrogen) atoms. The van der Waals surface area contributed by atoms with E-state index in [9.17, 15) is 24.2 Å². The Morgan fingerprint density at radius 2 is 0.879 bits per heavy atom. The third-order valence-electron chi connectivity index (χ3n) is 10.9. The molecule has 3 N–H and O–H groups in total. The lowest BCUT2D eigenvalue weighted by Crippen LogP contribution is -2.27. The molecule has 0 aliphatic carbocycles. The van der Waals surface area contributed by atoms with Crippen molar-refractivity contribution in [3.05, 3.63) is 12.2 Å². The van der Waals surface area contributed by atoms with Crippen LogP contribution in [0.4, 0.5) is 0 Å². The molecule has 0 aromatic rings. The highest BCUT2D eigenvalue weighted by atomic mass is 31.2. The second-order valence-electron chi connectivity index (χ2n) is 16.8. The normalized spacial score (nSPS) is 13.2. The molecule has 0 aromatic heterocycles. The predicted octanol–water partition coefficient (Wildman–Crippen LogP) is 14.2. The number of aliphatic hydroxyl groups is 1. The molecule has 2 atom stereocenters. The van der Waals surface area contributed by atoms with E-state index in [4.69, 9.17) is 13.8 Å². The zero-order valence-electron chi connectivity index (χ0n) is 38.0. The van der Waals surface area contributed by atoms with E-state index in [1.807, 2.05) is 0 Å². The smallest absolute Gasteiger partial charge is 0.463 e. The fourth-order valence-corrected chi connectivity index (χ4v) is 7.96. The van der Waals surface area contributed by atoms with Crippen LogP contribution in [0.3, 0.4) is 0 Å². The maximum absolute atomic E-state index is 12.1. The lowest BCUT2D eigenvalue weighted by Gasteiger charge is -2.15. The van der Waals surface area contributed by atoms with Gasteiger partial charge < -0.3 is 20.1 Å². The maximum Gasteiger partial charge on any atom is 0.472 e. The van der Waals surface area contributed by atoms with Crippen LogP contribution in [0.5, 0.6) is 0 Å². The first-order chi connectivity index (χ1) is 28.3. The molecule has 10 heteroatoms. The summed E-state index contributed by atoms with van der Waals surface area (Å²) in [6.45, 7) is 3.60. The average molecular weight is 844 g/mol. The Kier molecular flexibility index (Phi) is 44.3. The van der Waals surface area contributed by atoms with E-state index in [0.717, 1.165) is 38.5 Å². The first-order valence-electron chi connectivity index (χ1n) is 24.7. The summed E-state index contributed by atoms with van der Waals surface area (Å²) in [7, 11) is -4.42. The van der Waals surface area contributed by atoms with E-state index in [0.29, 0.717) is 6.42 Å². The quantitative estimate of drug-likeness (QED) is 0.0239. The molecule has 0 aliphatic heterocycles. The third-order valence-corrected chi connectivity index (χ3v) is 11.9. The molecule has 0 bridgehead atoms. The fraction of sp³-hybridized carbons (Fsp3) is 0.917. The van der Waals surface area contributed by atoms with Crippen molar-refractivity contribution in [1.82, 2.24) is 5.32 Å². The van der Waals surface area contributed by atoms with Crippen LogP contribution in [-0.2, 0) is 27.9 Å². The van der Waals surface area contributed by atoms with Crippen LogP contribution < -0.4 is 5.32 Å². The number of esters is 1. The van der Waals surface area contributed by atoms with Crippen molar-refractivity contribution in [3.63, 3.8) is 0 Å². The second-order valence-corrected chi connectivity index (χ2v) is 18.2. The summed E-state index contributed by atoms with van der Waals surface area (Å²) in [5.41, 5.74) is 0. The van der Waals surface area contributed by atoms with Crippen molar-refractivity contribution in [2.24, 2.45) is 0 Å². The minimum absolute atomic E-state index is 0.0832. The molecular weight excluding hydrogens is 750 g/mol. The Bertz CT molecular complexity index is 964. The van der Waals surface area contributed by atoms with Gasteiger partial charge in [0.15, 0.2) is 0 Å². The van der Waals surface area contributed by atoms with Crippen LogP contribution in [-0.4, -0.2) is 54.3 Å². The van der Waals surface area contributed by atoms with Crippen LogP contribution in [0.25, 0.3) is 0 Å². The molecule has 0 spiro atoms. The van der Waals surface area contributed by atoms with E-state index in [2.05, 4.69) is 31.3 Å². The lowest BCUT2D eigenvalue weighted by atomic mass is 10.0.